The summed E-state index contributed by atoms with van der Waals surface area (Å²) in [6.07, 6.45) is 16.2. The van der Waals surface area contributed by atoms with Gasteiger partial charge in [0.2, 0.25) is 0 Å². The van der Waals surface area contributed by atoms with E-state index in [0.717, 1.165) is 35.5 Å². The Hall–Kier alpha value is -0.730. The van der Waals surface area contributed by atoms with E-state index in [1.165, 1.54) is 77.0 Å². The topological polar surface area (TPSA) is 46.3 Å². The van der Waals surface area contributed by atoms with Crippen molar-refractivity contribution in [3.63, 3.8) is 0 Å². The molecule has 2 N–H and O–H groups in total. The van der Waals surface area contributed by atoms with Crippen LogP contribution in [0.5, 0.6) is 0 Å². The molecule has 0 radical (unpaired) electrons. The van der Waals surface area contributed by atoms with Gasteiger partial charge < -0.3 is 10.6 Å². The highest BCUT2D eigenvalue weighted by Gasteiger charge is 2.62. The molecule has 8 rings (SSSR count). The molecular weight excluding hydrogens is 296 g/mol. The van der Waals surface area contributed by atoms with Gasteiger partial charge in [0, 0.05) is 11.1 Å². The van der Waals surface area contributed by atoms with Crippen molar-refractivity contribution in [1.82, 2.24) is 4.90 Å². The molecule has 0 atom stereocenters. The Labute approximate surface area is 145 Å². The van der Waals surface area contributed by atoms with Crippen molar-refractivity contribution in [3.05, 3.63) is 0 Å². The van der Waals surface area contributed by atoms with Crippen molar-refractivity contribution < 1.29 is 4.79 Å². The third-order valence-electron chi connectivity index (χ3n) is 9.18. The number of carbonyl (C=O) groups is 1. The highest BCUT2D eigenvalue weighted by atomic mass is 16.2. The molecule has 132 valence electrons. The molecular formula is C21H32N2O. The predicted octanol–water partition coefficient (Wildman–Crippen LogP) is 4.30. The lowest BCUT2D eigenvalue weighted by molar-refractivity contribution is -0.152. The average Bonchev–Trinajstić information content (AvgIpc) is 2.42. The standard InChI is InChI=1S/C21H32N2O/c22-19(24)23(20-7-13-1-14(8-20)3-15(2-13)9-20)21-10-16-4-17(11-21)6-18(5-16)12-21/h13-18H,1-12H2,(H2,22,24). The van der Waals surface area contributed by atoms with Crippen molar-refractivity contribution in [1.29, 1.82) is 0 Å². The van der Waals surface area contributed by atoms with Crippen LogP contribution >= 0.6 is 0 Å². The van der Waals surface area contributed by atoms with Crippen LogP contribution in [0.1, 0.15) is 77.0 Å². The maximum atomic E-state index is 12.9. The van der Waals surface area contributed by atoms with Crippen LogP contribution in [-0.2, 0) is 0 Å². The van der Waals surface area contributed by atoms with Gasteiger partial charge in [0.25, 0.3) is 0 Å². The van der Waals surface area contributed by atoms with Crippen LogP contribution in [0.15, 0.2) is 0 Å². The molecule has 3 heteroatoms. The second kappa shape index (κ2) is 4.51. The molecule has 2 amide bonds. The first-order chi connectivity index (χ1) is 11.5. The van der Waals surface area contributed by atoms with Crippen LogP contribution in [0.25, 0.3) is 0 Å². The fourth-order valence-corrected chi connectivity index (χ4v) is 9.65. The Morgan fingerprint density at radius 2 is 0.875 bits per heavy atom. The van der Waals surface area contributed by atoms with Crippen molar-refractivity contribution in [3.8, 4) is 0 Å². The molecule has 0 heterocycles. The molecule has 0 aromatic carbocycles. The first kappa shape index (κ1) is 14.4. The second-order valence-corrected chi connectivity index (χ2v) is 11.0. The van der Waals surface area contributed by atoms with E-state index < -0.39 is 0 Å². The van der Waals surface area contributed by atoms with Crippen LogP contribution in [0.3, 0.4) is 0 Å². The number of primary amides is 1. The van der Waals surface area contributed by atoms with Crippen LogP contribution in [0, 0.1) is 35.5 Å². The summed E-state index contributed by atoms with van der Waals surface area (Å²) in [4.78, 5) is 15.3. The molecule has 0 saturated heterocycles. The number of hydrogen-bond acceptors (Lipinski definition) is 1. The smallest absolute Gasteiger partial charge is 0.315 e. The fraction of sp³-hybridized carbons (Fsp3) is 0.952. The number of nitrogens with zero attached hydrogens (tertiary/aromatic N) is 1. The summed E-state index contributed by atoms with van der Waals surface area (Å²) in [5.41, 5.74) is 6.46. The monoisotopic (exact) mass is 328 g/mol. The van der Waals surface area contributed by atoms with Crippen LogP contribution in [0.4, 0.5) is 4.79 Å². The Bertz CT molecular complexity index is 468. The third kappa shape index (κ3) is 1.82. The number of rotatable bonds is 2. The summed E-state index contributed by atoms with van der Waals surface area (Å²) in [6, 6.07) is -0.0705. The molecule has 0 spiro atoms. The fourth-order valence-electron chi connectivity index (χ4n) is 9.65. The lowest BCUT2D eigenvalue weighted by Gasteiger charge is -2.68. The Kier molecular flexibility index (Phi) is 2.71. The van der Waals surface area contributed by atoms with E-state index in [-0.39, 0.29) is 17.1 Å². The highest BCUT2D eigenvalue weighted by Crippen LogP contribution is 2.64. The third-order valence-corrected chi connectivity index (χ3v) is 9.18. The van der Waals surface area contributed by atoms with Crippen LogP contribution in [-0.4, -0.2) is 22.0 Å². The first-order valence-electron chi connectivity index (χ1n) is 10.6. The zero-order valence-electron chi connectivity index (χ0n) is 14.9. The quantitative estimate of drug-likeness (QED) is 0.807. The van der Waals surface area contributed by atoms with Crippen molar-refractivity contribution >= 4 is 6.03 Å². The molecule has 8 aliphatic carbocycles. The number of urea groups is 1. The van der Waals surface area contributed by atoms with Crippen LogP contribution < -0.4 is 5.73 Å². The lowest BCUT2D eigenvalue weighted by atomic mass is 9.48. The minimum Gasteiger partial charge on any atom is -0.351 e. The Balaban J connectivity index is 1.42. The van der Waals surface area contributed by atoms with Crippen molar-refractivity contribution in [2.45, 2.75) is 88.1 Å². The molecule has 8 saturated carbocycles. The summed E-state index contributed by atoms with van der Waals surface area (Å²) < 4.78 is 0. The molecule has 0 unspecified atom stereocenters. The van der Waals surface area contributed by atoms with E-state index in [0.29, 0.717) is 0 Å². The van der Waals surface area contributed by atoms with Gasteiger partial charge in [0.15, 0.2) is 0 Å². The van der Waals surface area contributed by atoms with Crippen LogP contribution in [0.2, 0.25) is 0 Å². The highest BCUT2D eigenvalue weighted by molar-refractivity contribution is 5.74. The molecule has 8 bridgehead atoms. The van der Waals surface area contributed by atoms with Gasteiger partial charge >= 0.3 is 6.03 Å². The lowest BCUT2D eigenvalue weighted by Crippen LogP contribution is -2.72. The van der Waals surface area contributed by atoms with Gasteiger partial charge in [-0.2, -0.15) is 0 Å². The van der Waals surface area contributed by atoms with Crippen molar-refractivity contribution in [2.75, 3.05) is 0 Å². The molecule has 0 aromatic heterocycles. The molecule has 3 nitrogen and oxygen atoms in total. The zero-order chi connectivity index (χ0) is 16.1. The summed E-state index contributed by atoms with van der Waals surface area (Å²) in [5, 5.41) is 0. The van der Waals surface area contributed by atoms with Gasteiger partial charge in [-0.05, 0) is 113 Å². The van der Waals surface area contributed by atoms with E-state index in [4.69, 9.17) is 5.73 Å². The summed E-state index contributed by atoms with van der Waals surface area (Å²) in [6.45, 7) is 0. The predicted molar refractivity (Wildman–Crippen MR) is 93.2 cm³/mol. The minimum absolute atomic E-state index is 0.0705. The van der Waals surface area contributed by atoms with Gasteiger partial charge in [0.05, 0.1) is 0 Å². The maximum Gasteiger partial charge on any atom is 0.315 e. The SMILES string of the molecule is NC(=O)N(C12CC3CC(CC(C3)C1)C2)C12CC3CC(CC(C3)C1)C2. The van der Waals surface area contributed by atoms with E-state index in [2.05, 4.69) is 4.90 Å². The number of carbonyl (C=O) groups excluding carboxylic acids is 1. The van der Waals surface area contributed by atoms with Gasteiger partial charge in [-0.15, -0.1) is 0 Å². The zero-order valence-corrected chi connectivity index (χ0v) is 14.9. The van der Waals surface area contributed by atoms with E-state index in [1.54, 1.807) is 0 Å². The van der Waals surface area contributed by atoms with Gasteiger partial charge in [-0.3, -0.25) is 0 Å². The first-order valence-corrected chi connectivity index (χ1v) is 10.6. The van der Waals surface area contributed by atoms with E-state index >= 15 is 0 Å². The number of hydrogen-bond donors (Lipinski definition) is 1. The summed E-state index contributed by atoms with van der Waals surface area (Å²) in [5.74, 6) is 5.29. The maximum absolute atomic E-state index is 12.9. The largest absolute Gasteiger partial charge is 0.351 e. The molecule has 8 aliphatic rings. The second-order valence-electron chi connectivity index (χ2n) is 11.0. The Morgan fingerprint density at radius 1 is 0.625 bits per heavy atom. The summed E-state index contributed by atoms with van der Waals surface area (Å²) in [7, 11) is 0. The summed E-state index contributed by atoms with van der Waals surface area (Å²) >= 11 is 0. The number of nitrogens with two attached hydrogens (primary N) is 1. The van der Waals surface area contributed by atoms with Gasteiger partial charge in [0.1, 0.15) is 0 Å². The normalized spacial score (nSPS) is 56.7. The van der Waals surface area contributed by atoms with E-state index in [1.807, 2.05) is 0 Å². The molecule has 0 aliphatic heterocycles. The van der Waals surface area contributed by atoms with E-state index in [9.17, 15) is 4.79 Å². The molecule has 24 heavy (non-hydrogen) atoms. The molecule has 0 aromatic rings. The van der Waals surface area contributed by atoms with Gasteiger partial charge in [-0.1, -0.05) is 0 Å². The Morgan fingerprint density at radius 3 is 1.08 bits per heavy atom. The van der Waals surface area contributed by atoms with Crippen molar-refractivity contribution in [2.24, 2.45) is 41.2 Å². The van der Waals surface area contributed by atoms with Gasteiger partial charge in [-0.25, -0.2) is 4.79 Å². The number of amides is 2. The molecule has 8 fully saturated rings. The average molecular weight is 329 g/mol. The minimum atomic E-state index is -0.0705.